The van der Waals surface area contributed by atoms with Crippen LogP contribution in [-0.4, -0.2) is 27.9 Å². The van der Waals surface area contributed by atoms with Gasteiger partial charge in [0.25, 0.3) is 5.91 Å². The highest BCUT2D eigenvalue weighted by atomic mass is 79.9. The molecule has 0 spiro atoms. The molecule has 1 aromatic heterocycles. The highest BCUT2D eigenvalue weighted by molar-refractivity contribution is 9.10. The number of nitrogens with zero attached hydrogens (tertiary/aromatic N) is 2. The molecule has 0 radical (unpaired) electrons. The van der Waals surface area contributed by atoms with Crippen molar-refractivity contribution in [1.29, 1.82) is 0 Å². The number of halogens is 1. The van der Waals surface area contributed by atoms with E-state index in [0.717, 1.165) is 11.1 Å². The molecule has 0 aliphatic rings. The average Bonchev–Trinajstić information content (AvgIpc) is 2.43. The molecule has 1 aromatic carbocycles. The predicted octanol–water partition coefficient (Wildman–Crippen LogP) is 3.13. The Morgan fingerprint density at radius 1 is 1.35 bits per heavy atom. The Balaban J connectivity index is 2.23. The molecule has 0 bridgehead atoms. The first-order valence-electron chi connectivity index (χ1n) is 6.12. The van der Waals surface area contributed by atoms with Crippen LogP contribution in [0, 0.1) is 6.92 Å². The number of benzene rings is 1. The van der Waals surface area contributed by atoms with Crippen LogP contribution in [0.5, 0.6) is 5.75 Å². The van der Waals surface area contributed by atoms with E-state index >= 15 is 0 Å². The Hall–Kier alpha value is -1.88. The van der Waals surface area contributed by atoms with Crippen molar-refractivity contribution in [2.24, 2.45) is 0 Å². The molecular weight excluding hydrogens is 320 g/mol. The zero-order valence-electron chi connectivity index (χ0n) is 11.3. The maximum atomic E-state index is 12.4. The summed E-state index contributed by atoms with van der Waals surface area (Å²) >= 11 is 3.25. The molecule has 104 valence electrons. The van der Waals surface area contributed by atoms with Crippen molar-refractivity contribution >= 4 is 21.8 Å². The van der Waals surface area contributed by atoms with Crippen molar-refractivity contribution in [3.63, 3.8) is 0 Å². The SMILES string of the molecule is Cc1cc(Br)c(O)c(C(=O)N(C)Cc2ccncc2)c1. The van der Waals surface area contributed by atoms with Crippen LogP contribution in [0.2, 0.25) is 0 Å². The minimum Gasteiger partial charge on any atom is -0.506 e. The maximum absolute atomic E-state index is 12.4. The summed E-state index contributed by atoms with van der Waals surface area (Å²) in [5.41, 5.74) is 2.20. The number of rotatable bonds is 3. The van der Waals surface area contributed by atoms with E-state index < -0.39 is 0 Å². The zero-order chi connectivity index (χ0) is 14.7. The first-order valence-corrected chi connectivity index (χ1v) is 6.92. The van der Waals surface area contributed by atoms with Crippen LogP contribution in [0.4, 0.5) is 0 Å². The molecule has 0 fully saturated rings. The summed E-state index contributed by atoms with van der Waals surface area (Å²) in [6.07, 6.45) is 3.38. The summed E-state index contributed by atoms with van der Waals surface area (Å²) in [5, 5.41) is 10.0. The molecule has 1 amide bonds. The van der Waals surface area contributed by atoms with Gasteiger partial charge in [-0.25, -0.2) is 0 Å². The van der Waals surface area contributed by atoms with E-state index in [4.69, 9.17) is 0 Å². The highest BCUT2D eigenvalue weighted by Gasteiger charge is 2.18. The van der Waals surface area contributed by atoms with Crippen LogP contribution in [-0.2, 0) is 6.54 Å². The molecule has 1 heterocycles. The lowest BCUT2D eigenvalue weighted by molar-refractivity contribution is 0.0782. The summed E-state index contributed by atoms with van der Waals surface area (Å²) in [6, 6.07) is 7.17. The topological polar surface area (TPSA) is 53.4 Å². The summed E-state index contributed by atoms with van der Waals surface area (Å²) in [6.45, 7) is 2.34. The molecule has 0 saturated heterocycles. The fourth-order valence-corrected chi connectivity index (χ4v) is 2.51. The third kappa shape index (κ3) is 3.17. The number of amides is 1. The summed E-state index contributed by atoms with van der Waals surface area (Å²) in [4.78, 5) is 17.9. The minimum atomic E-state index is -0.219. The molecule has 2 rings (SSSR count). The Kier molecular flexibility index (Phi) is 4.39. The van der Waals surface area contributed by atoms with Crippen LogP contribution in [0.15, 0.2) is 41.1 Å². The number of carbonyl (C=O) groups is 1. The molecule has 0 aliphatic carbocycles. The number of aromatic nitrogens is 1. The first-order chi connectivity index (χ1) is 9.49. The van der Waals surface area contributed by atoms with Gasteiger partial charge in [0.15, 0.2) is 0 Å². The van der Waals surface area contributed by atoms with Gasteiger partial charge >= 0.3 is 0 Å². The number of phenolic OH excluding ortho intramolecular Hbond substituents is 1. The third-order valence-electron chi connectivity index (χ3n) is 2.95. The number of hydrogen-bond acceptors (Lipinski definition) is 3. The van der Waals surface area contributed by atoms with Gasteiger partial charge in [-0.1, -0.05) is 0 Å². The molecule has 1 N–H and O–H groups in total. The highest BCUT2D eigenvalue weighted by Crippen LogP contribution is 2.30. The third-order valence-corrected chi connectivity index (χ3v) is 3.56. The Bertz CT molecular complexity index is 629. The maximum Gasteiger partial charge on any atom is 0.257 e. The number of phenols is 1. The molecule has 2 aromatic rings. The van der Waals surface area contributed by atoms with Gasteiger partial charge in [0.2, 0.25) is 0 Å². The molecule has 0 unspecified atom stereocenters. The van der Waals surface area contributed by atoms with Crippen molar-refractivity contribution in [2.75, 3.05) is 7.05 Å². The second kappa shape index (κ2) is 6.05. The van der Waals surface area contributed by atoms with E-state index in [-0.39, 0.29) is 11.7 Å². The standard InChI is InChI=1S/C15H15BrN2O2/c1-10-7-12(14(19)13(16)8-10)15(20)18(2)9-11-3-5-17-6-4-11/h3-8,19H,9H2,1-2H3. The van der Waals surface area contributed by atoms with Gasteiger partial charge in [-0.15, -0.1) is 0 Å². The summed E-state index contributed by atoms with van der Waals surface area (Å²) in [7, 11) is 1.71. The molecule has 5 heteroatoms. The predicted molar refractivity (Wildman–Crippen MR) is 80.6 cm³/mol. The molecular formula is C15H15BrN2O2. The molecule has 20 heavy (non-hydrogen) atoms. The fraction of sp³-hybridized carbons (Fsp3) is 0.200. The van der Waals surface area contributed by atoms with E-state index in [1.807, 2.05) is 19.1 Å². The Morgan fingerprint density at radius 2 is 2.00 bits per heavy atom. The average molecular weight is 335 g/mol. The van der Waals surface area contributed by atoms with Gasteiger partial charge in [0.1, 0.15) is 5.75 Å². The van der Waals surface area contributed by atoms with E-state index in [2.05, 4.69) is 20.9 Å². The quantitative estimate of drug-likeness (QED) is 0.938. The molecule has 0 saturated carbocycles. The van der Waals surface area contributed by atoms with E-state index in [9.17, 15) is 9.90 Å². The largest absolute Gasteiger partial charge is 0.506 e. The lowest BCUT2D eigenvalue weighted by atomic mass is 10.1. The van der Waals surface area contributed by atoms with E-state index in [1.54, 1.807) is 36.5 Å². The van der Waals surface area contributed by atoms with Crippen molar-refractivity contribution in [3.8, 4) is 5.75 Å². The normalized spacial score (nSPS) is 10.3. The van der Waals surface area contributed by atoms with Gasteiger partial charge in [-0.2, -0.15) is 0 Å². The van der Waals surface area contributed by atoms with Crippen LogP contribution >= 0.6 is 15.9 Å². The lowest BCUT2D eigenvalue weighted by Gasteiger charge is -2.18. The molecule has 0 atom stereocenters. The van der Waals surface area contributed by atoms with Crippen LogP contribution in [0.3, 0.4) is 0 Å². The fourth-order valence-electron chi connectivity index (χ4n) is 1.94. The molecule has 4 nitrogen and oxygen atoms in total. The van der Waals surface area contributed by atoms with Gasteiger partial charge in [-0.3, -0.25) is 9.78 Å². The second-order valence-corrected chi connectivity index (χ2v) is 5.51. The second-order valence-electron chi connectivity index (χ2n) is 4.66. The van der Waals surface area contributed by atoms with E-state index in [1.165, 1.54) is 0 Å². The van der Waals surface area contributed by atoms with Crippen molar-refractivity contribution in [1.82, 2.24) is 9.88 Å². The zero-order valence-corrected chi connectivity index (χ0v) is 12.9. The van der Waals surface area contributed by atoms with Gasteiger partial charge < -0.3 is 10.0 Å². The minimum absolute atomic E-state index is 0.0258. The van der Waals surface area contributed by atoms with Gasteiger partial charge in [-0.05, 0) is 58.2 Å². The Labute approximate surface area is 126 Å². The van der Waals surface area contributed by atoms with E-state index in [0.29, 0.717) is 16.6 Å². The summed E-state index contributed by atoms with van der Waals surface area (Å²) in [5.74, 6) is -0.245. The smallest absolute Gasteiger partial charge is 0.257 e. The number of carbonyl (C=O) groups excluding carboxylic acids is 1. The van der Waals surface area contributed by atoms with Crippen molar-refractivity contribution < 1.29 is 9.90 Å². The number of aromatic hydroxyl groups is 1. The number of hydrogen-bond donors (Lipinski definition) is 1. The Morgan fingerprint density at radius 3 is 2.65 bits per heavy atom. The van der Waals surface area contributed by atoms with Crippen molar-refractivity contribution in [2.45, 2.75) is 13.5 Å². The number of aryl methyl sites for hydroxylation is 1. The van der Waals surface area contributed by atoms with Crippen LogP contribution < -0.4 is 0 Å². The lowest BCUT2D eigenvalue weighted by Crippen LogP contribution is -2.26. The molecule has 0 aliphatic heterocycles. The van der Waals surface area contributed by atoms with Crippen molar-refractivity contribution in [3.05, 3.63) is 57.8 Å². The van der Waals surface area contributed by atoms with Gasteiger partial charge in [0.05, 0.1) is 10.0 Å². The summed E-state index contributed by atoms with van der Waals surface area (Å²) < 4.78 is 0.526. The monoisotopic (exact) mass is 334 g/mol. The number of pyridine rings is 1. The van der Waals surface area contributed by atoms with Crippen LogP contribution in [0.25, 0.3) is 0 Å². The van der Waals surface area contributed by atoms with Crippen LogP contribution in [0.1, 0.15) is 21.5 Å². The first kappa shape index (κ1) is 14.5. The van der Waals surface area contributed by atoms with Gasteiger partial charge in [0, 0.05) is 26.0 Å².